The Morgan fingerprint density at radius 2 is 1.72 bits per heavy atom. The van der Waals surface area contributed by atoms with Gasteiger partial charge in [-0.1, -0.05) is 24.3 Å². The van der Waals surface area contributed by atoms with E-state index in [1.165, 1.54) is 38.1 Å². The molecule has 0 aromatic heterocycles. The zero-order valence-corrected chi connectivity index (χ0v) is 24.8. The van der Waals surface area contributed by atoms with Crippen molar-refractivity contribution in [3.8, 4) is 28.7 Å². The highest BCUT2D eigenvalue weighted by Gasteiger charge is 2.47. The minimum absolute atomic E-state index is 0.0120. The number of ether oxygens (including phenoxy) is 6. The number of rotatable bonds is 8. The van der Waals surface area contributed by atoms with Gasteiger partial charge in [-0.05, 0) is 36.7 Å². The van der Waals surface area contributed by atoms with Crippen LogP contribution in [0, 0.1) is 0 Å². The molecule has 0 N–H and O–H groups in total. The number of carbonyl (C=O) groups is 1. The molecule has 6 rings (SSSR count). The number of methoxy groups -OCH3 is 3. The smallest absolute Gasteiger partial charge is 0.416 e. The van der Waals surface area contributed by atoms with Crippen molar-refractivity contribution in [2.75, 3.05) is 41.7 Å². The number of halogens is 3. The number of benzene rings is 3. The molecule has 0 unspecified atom stereocenters. The number of hydrogen-bond acceptors (Lipinski definition) is 9. The lowest BCUT2D eigenvalue weighted by Gasteiger charge is -2.39. The molecular formula is C31H30F3NO7S. The molecule has 43 heavy (non-hydrogen) atoms. The number of cyclic esters (lactones) is 1. The molecule has 3 aromatic rings. The molecular weight excluding hydrogens is 587 g/mol. The number of thioether (sulfide) groups is 1. The molecule has 0 amide bonds. The zero-order chi connectivity index (χ0) is 30.5. The normalized spacial score (nSPS) is 19.1. The average molecular weight is 618 g/mol. The number of alkyl halides is 3. The van der Waals surface area contributed by atoms with Gasteiger partial charge < -0.3 is 28.4 Å². The summed E-state index contributed by atoms with van der Waals surface area (Å²) in [5.74, 6) is 2.20. The largest absolute Gasteiger partial charge is 0.493 e. The van der Waals surface area contributed by atoms with Crippen molar-refractivity contribution < 1.29 is 46.4 Å². The Morgan fingerprint density at radius 3 is 2.44 bits per heavy atom. The van der Waals surface area contributed by atoms with Gasteiger partial charge in [0.05, 0.1) is 32.9 Å². The monoisotopic (exact) mass is 617 g/mol. The van der Waals surface area contributed by atoms with Gasteiger partial charge in [-0.3, -0.25) is 4.90 Å². The molecule has 0 fully saturated rings. The molecule has 0 bridgehead atoms. The van der Waals surface area contributed by atoms with Gasteiger partial charge in [0, 0.05) is 34.7 Å². The fourth-order valence-corrected chi connectivity index (χ4v) is 7.35. The predicted molar refractivity (Wildman–Crippen MR) is 152 cm³/mol. The highest BCUT2D eigenvalue weighted by molar-refractivity contribution is 7.97. The molecule has 12 heteroatoms. The molecule has 0 spiro atoms. The van der Waals surface area contributed by atoms with Crippen LogP contribution in [0.4, 0.5) is 13.2 Å². The van der Waals surface area contributed by atoms with Crippen LogP contribution in [0.2, 0.25) is 0 Å². The van der Waals surface area contributed by atoms with E-state index < -0.39 is 29.9 Å². The van der Waals surface area contributed by atoms with Crippen LogP contribution in [0.25, 0.3) is 0 Å². The fraction of sp³-hybridized carbons (Fsp3) is 0.387. The second-order valence-electron chi connectivity index (χ2n) is 10.4. The predicted octanol–water partition coefficient (Wildman–Crippen LogP) is 6.33. The third kappa shape index (κ3) is 4.90. The number of hydrogen-bond donors (Lipinski definition) is 0. The van der Waals surface area contributed by atoms with Crippen LogP contribution in [-0.2, 0) is 28.8 Å². The maximum atomic E-state index is 13.6. The van der Waals surface area contributed by atoms with Gasteiger partial charge in [-0.25, -0.2) is 4.79 Å². The number of nitrogens with zero attached hydrogens (tertiary/aromatic N) is 1. The summed E-state index contributed by atoms with van der Waals surface area (Å²) in [5.41, 5.74) is 3.14. The first-order valence-corrected chi connectivity index (χ1v) is 14.7. The number of carbonyl (C=O) groups excluding carboxylic acids is 1. The Hall–Kier alpha value is -3.77. The summed E-state index contributed by atoms with van der Waals surface area (Å²) in [4.78, 5) is 15.3. The molecule has 0 saturated carbocycles. The van der Waals surface area contributed by atoms with Crippen LogP contribution in [0.15, 0.2) is 36.4 Å². The van der Waals surface area contributed by atoms with E-state index in [2.05, 4.69) is 4.90 Å². The average Bonchev–Trinajstić information content (AvgIpc) is 3.61. The van der Waals surface area contributed by atoms with Gasteiger partial charge in [0.2, 0.25) is 12.5 Å². The summed E-state index contributed by atoms with van der Waals surface area (Å²) >= 11 is 1.37. The van der Waals surface area contributed by atoms with Crippen molar-refractivity contribution in [2.45, 2.75) is 36.2 Å². The first kappa shape index (κ1) is 29.3. The van der Waals surface area contributed by atoms with E-state index in [9.17, 15) is 18.0 Å². The Balaban J connectivity index is 1.42. The van der Waals surface area contributed by atoms with E-state index in [4.69, 9.17) is 28.4 Å². The molecule has 2 atom stereocenters. The summed E-state index contributed by atoms with van der Waals surface area (Å²) in [6.45, 7) is 0.619. The lowest BCUT2D eigenvalue weighted by molar-refractivity contribution is -0.138. The SMILES string of the molecule is COc1ccc2c(c1OC)C(=O)O[C@@H]2[C@H]1c2c(c(CSCc3ccccc3C(F)(F)F)c3c(c2OC)OCO3)CCN1C. The van der Waals surface area contributed by atoms with Gasteiger partial charge in [0.1, 0.15) is 11.7 Å². The molecule has 3 aliphatic heterocycles. The molecule has 3 aliphatic rings. The van der Waals surface area contributed by atoms with Crippen molar-refractivity contribution in [3.63, 3.8) is 0 Å². The fourth-order valence-electron chi connectivity index (χ4n) is 6.26. The highest BCUT2D eigenvalue weighted by Crippen LogP contribution is 2.57. The second-order valence-corrected chi connectivity index (χ2v) is 11.4. The maximum Gasteiger partial charge on any atom is 0.416 e. The summed E-state index contributed by atoms with van der Waals surface area (Å²) in [7, 11) is 6.48. The van der Waals surface area contributed by atoms with Crippen molar-refractivity contribution in [1.29, 1.82) is 0 Å². The number of fused-ring (bicyclic) bond motifs is 3. The van der Waals surface area contributed by atoms with E-state index in [1.54, 1.807) is 19.2 Å². The van der Waals surface area contributed by atoms with Gasteiger partial charge in [0.15, 0.2) is 23.0 Å². The zero-order valence-electron chi connectivity index (χ0n) is 24.0. The van der Waals surface area contributed by atoms with Crippen LogP contribution in [0.5, 0.6) is 28.7 Å². The van der Waals surface area contributed by atoms with Crippen LogP contribution in [0.1, 0.15) is 55.9 Å². The highest BCUT2D eigenvalue weighted by atomic mass is 32.2. The van der Waals surface area contributed by atoms with Crippen molar-refractivity contribution in [1.82, 2.24) is 4.90 Å². The lowest BCUT2D eigenvalue weighted by Crippen LogP contribution is -2.37. The first-order valence-electron chi connectivity index (χ1n) is 13.6. The minimum Gasteiger partial charge on any atom is -0.493 e. The molecule has 3 heterocycles. The lowest BCUT2D eigenvalue weighted by atomic mass is 9.83. The van der Waals surface area contributed by atoms with Crippen molar-refractivity contribution in [3.05, 3.63) is 75.3 Å². The molecule has 0 radical (unpaired) electrons. The summed E-state index contributed by atoms with van der Waals surface area (Å²) in [6.07, 6.45) is -4.50. The van der Waals surface area contributed by atoms with Crippen molar-refractivity contribution >= 4 is 17.7 Å². The number of likely N-dealkylation sites (N-methyl/N-ethyl adjacent to an activating group) is 1. The van der Waals surface area contributed by atoms with Crippen LogP contribution >= 0.6 is 11.8 Å². The summed E-state index contributed by atoms with van der Waals surface area (Å²) < 4.78 is 75.6. The van der Waals surface area contributed by atoms with E-state index in [-0.39, 0.29) is 18.1 Å². The van der Waals surface area contributed by atoms with Crippen LogP contribution < -0.4 is 23.7 Å². The minimum atomic E-state index is -4.44. The Labute approximate surface area is 250 Å². The van der Waals surface area contributed by atoms with E-state index in [0.717, 1.165) is 22.8 Å². The summed E-state index contributed by atoms with van der Waals surface area (Å²) in [6, 6.07) is 8.71. The molecule has 0 aliphatic carbocycles. The third-order valence-corrected chi connectivity index (χ3v) is 9.16. The standard InChI is InChI=1S/C31H30F3NO7S/c1-35-12-11-17-19(14-43-13-16-7-5-6-8-20(16)31(32,33)34)26-29(41-15-40-26)28(39-4)22(17)24(35)25-18-9-10-21(37-2)27(38-3)23(18)30(36)42-25/h5-10,24-25H,11-15H2,1-4H3/t24-,25+/m1/s1. The Kier molecular flexibility index (Phi) is 7.76. The first-order chi connectivity index (χ1) is 20.7. The van der Waals surface area contributed by atoms with Gasteiger partial charge in [0.25, 0.3) is 0 Å². The number of esters is 1. The summed E-state index contributed by atoms with van der Waals surface area (Å²) in [5, 5.41) is 0. The third-order valence-electron chi connectivity index (χ3n) is 8.15. The van der Waals surface area contributed by atoms with E-state index >= 15 is 0 Å². The molecule has 8 nitrogen and oxygen atoms in total. The van der Waals surface area contributed by atoms with E-state index in [0.29, 0.717) is 58.6 Å². The van der Waals surface area contributed by atoms with Gasteiger partial charge in [-0.2, -0.15) is 24.9 Å². The molecule has 0 saturated heterocycles. The Morgan fingerprint density at radius 1 is 0.977 bits per heavy atom. The molecule has 3 aromatic carbocycles. The quantitative estimate of drug-likeness (QED) is 0.270. The Bertz CT molecular complexity index is 1580. The van der Waals surface area contributed by atoms with Crippen LogP contribution in [0.3, 0.4) is 0 Å². The van der Waals surface area contributed by atoms with Gasteiger partial charge in [-0.15, -0.1) is 0 Å². The van der Waals surface area contributed by atoms with Crippen LogP contribution in [-0.4, -0.2) is 52.6 Å². The maximum absolute atomic E-state index is 13.6. The second kappa shape index (κ2) is 11.4. The van der Waals surface area contributed by atoms with Crippen molar-refractivity contribution in [2.24, 2.45) is 0 Å². The van der Waals surface area contributed by atoms with E-state index in [1.807, 2.05) is 13.1 Å². The molecule has 228 valence electrons. The van der Waals surface area contributed by atoms with Gasteiger partial charge >= 0.3 is 12.1 Å². The topological polar surface area (TPSA) is 75.7 Å².